The molecule has 0 fully saturated rings. The van der Waals surface area contributed by atoms with Crippen molar-refractivity contribution in [2.45, 2.75) is 6.92 Å². The summed E-state index contributed by atoms with van der Waals surface area (Å²) in [7, 11) is 1.94. The highest BCUT2D eigenvalue weighted by Gasteiger charge is 2.19. The van der Waals surface area contributed by atoms with Crippen molar-refractivity contribution in [3.8, 4) is 5.69 Å². The van der Waals surface area contributed by atoms with Crippen LogP contribution >= 0.6 is 0 Å². The molecular formula is C18H18N4O. The first kappa shape index (κ1) is 14.8. The number of benzene rings is 1. The fourth-order valence-corrected chi connectivity index (χ4v) is 2.53. The number of anilines is 1. The number of hydrogen-bond donors (Lipinski definition) is 1. The van der Waals surface area contributed by atoms with Crippen LogP contribution in [0.4, 0.5) is 5.82 Å². The van der Waals surface area contributed by atoms with Crippen LogP contribution in [-0.2, 0) is 4.79 Å². The highest BCUT2D eigenvalue weighted by molar-refractivity contribution is 5.81. The van der Waals surface area contributed by atoms with Gasteiger partial charge in [-0.15, -0.1) is 0 Å². The average molecular weight is 306 g/mol. The lowest BCUT2D eigenvalue weighted by molar-refractivity contribution is -0.105. The first-order valence-corrected chi connectivity index (χ1v) is 7.29. The Bertz CT molecular complexity index is 815. The number of para-hydroxylation sites is 1. The standard InChI is InChI=1S/C18H18N4O/c1-13-9-10-15(11-21(13)3)17-14(2)18(19-12-23)22(20-17)16-7-5-4-6-8-16/h4-12H,1H2,2-3H3,(H,19,23). The number of nitrogens with zero attached hydrogens (tertiary/aromatic N) is 3. The molecule has 0 saturated carbocycles. The van der Waals surface area contributed by atoms with Crippen molar-refractivity contribution in [3.05, 3.63) is 72.2 Å². The third-order valence-electron chi connectivity index (χ3n) is 3.83. The Balaban J connectivity index is 2.13. The number of hydrogen-bond acceptors (Lipinski definition) is 3. The van der Waals surface area contributed by atoms with E-state index in [0.717, 1.165) is 28.2 Å². The molecule has 1 aliphatic heterocycles. The molecule has 0 unspecified atom stereocenters. The van der Waals surface area contributed by atoms with E-state index in [4.69, 9.17) is 5.10 Å². The van der Waals surface area contributed by atoms with E-state index in [0.29, 0.717) is 12.2 Å². The summed E-state index contributed by atoms with van der Waals surface area (Å²) in [5.74, 6) is 0.669. The lowest BCUT2D eigenvalue weighted by Crippen LogP contribution is -2.11. The third-order valence-corrected chi connectivity index (χ3v) is 3.83. The van der Waals surface area contributed by atoms with Crippen LogP contribution in [-0.4, -0.2) is 28.1 Å². The lowest BCUT2D eigenvalue weighted by atomic mass is 10.1. The summed E-state index contributed by atoms with van der Waals surface area (Å²) in [6.45, 7) is 5.91. The van der Waals surface area contributed by atoms with Crippen molar-refractivity contribution >= 4 is 17.8 Å². The van der Waals surface area contributed by atoms with Gasteiger partial charge in [-0.1, -0.05) is 24.8 Å². The molecule has 1 N–H and O–H groups in total. The zero-order chi connectivity index (χ0) is 16.4. The maximum Gasteiger partial charge on any atom is 0.212 e. The Hall–Kier alpha value is -3.08. The maximum absolute atomic E-state index is 11.0. The van der Waals surface area contributed by atoms with Gasteiger partial charge in [-0.3, -0.25) is 4.79 Å². The zero-order valence-corrected chi connectivity index (χ0v) is 13.2. The van der Waals surface area contributed by atoms with Gasteiger partial charge in [-0.2, -0.15) is 5.10 Å². The second-order valence-electron chi connectivity index (χ2n) is 5.35. The lowest BCUT2D eigenvalue weighted by Gasteiger charge is -2.19. The molecule has 2 aromatic rings. The van der Waals surface area contributed by atoms with Crippen molar-refractivity contribution in [1.82, 2.24) is 14.7 Å². The van der Waals surface area contributed by atoms with E-state index in [2.05, 4.69) is 11.9 Å². The zero-order valence-electron chi connectivity index (χ0n) is 13.2. The average Bonchev–Trinajstić information content (AvgIpc) is 2.89. The largest absolute Gasteiger partial charge is 0.351 e. The minimum Gasteiger partial charge on any atom is -0.351 e. The molecule has 0 atom stereocenters. The summed E-state index contributed by atoms with van der Waals surface area (Å²) in [6.07, 6.45) is 6.59. The molecule has 0 bridgehead atoms. The molecule has 0 spiro atoms. The van der Waals surface area contributed by atoms with Crippen LogP contribution in [0.1, 0.15) is 11.3 Å². The topological polar surface area (TPSA) is 50.2 Å². The van der Waals surface area contributed by atoms with Crippen LogP contribution in [0.2, 0.25) is 0 Å². The molecule has 0 saturated heterocycles. The second kappa shape index (κ2) is 5.96. The van der Waals surface area contributed by atoms with Gasteiger partial charge < -0.3 is 10.2 Å². The highest BCUT2D eigenvalue weighted by atomic mass is 16.1. The predicted octanol–water partition coefficient (Wildman–Crippen LogP) is 3.11. The summed E-state index contributed by atoms with van der Waals surface area (Å²) in [6, 6.07) is 9.72. The Labute approximate surface area is 135 Å². The quantitative estimate of drug-likeness (QED) is 0.883. The van der Waals surface area contributed by atoms with Gasteiger partial charge in [0.15, 0.2) is 0 Å². The van der Waals surface area contributed by atoms with Crippen LogP contribution in [0.25, 0.3) is 11.3 Å². The van der Waals surface area contributed by atoms with Gasteiger partial charge in [-0.05, 0) is 31.2 Å². The van der Waals surface area contributed by atoms with Crippen molar-refractivity contribution in [3.63, 3.8) is 0 Å². The third kappa shape index (κ3) is 2.68. The van der Waals surface area contributed by atoms with Gasteiger partial charge >= 0.3 is 0 Å². The van der Waals surface area contributed by atoms with Gasteiger partial charge in [0, 0.05) is 30.1 Å². The van der Waals surface area contributed by atoms with Crippen molar-refractivity contribution in [2.75, 3.05) is 12.4 Å². The van der Waals surface area contributed by atoms with Crippen LogP contribution in [0.15, 0.2) is 61.0 Å². The van der Waals surface area contributed by atoms with Crippen molar-refractivity contribution < 1.29 is 4.79 Å². The minimum absolute atomic E-state index is 0.669. The first-order chi connectivity index (χ1) is 11.1. The summed E-state index contributed by atoms with van der Waals surface area (Å²) in [4.78, 5) is 12.9. The summed E-state index contributed by atoms with van der Waals surface area (Å²) in [5.41, 5.74) is 4.53. The number of allylic oxidation sites excluding steroid dienone is 3. The molecule has 23 heavy (non-hydrogen) atoms. The summed E-state index contributed by atoms with van der Waals surface area (Å²) >= 11 is 0. The molecule has 116 valence electrons. The number of aromatic nitrogens is 2. The molecule has 1 aliphatic rings. The molecule has 5 nitrogen and oxygen atoms in total. The van der Waals surface area contributed by atoms with Gasteiger partial charge in [0.05, 0.1) is 11.4 Å². The molecule has 1 aromatic heterocycles. The Morgan fingerprint density at radius 1 is 1.22 bits per heavy atom. The monoisotopic (exact) mass is 306 g/mol. The summed E-state index contributed by atoms with van der Waals surface area (Å²) in [5, 5.41) is 7.46. The fourth-order valence-electron chi connectivity index (χ4n) is 2.53. The van der Waals surface area contributed by atoms with Crippen LogP contribution < -0.4 is 5.32 Å². The molecule has 2 heterocycles. The Kier molecular flexibility index (Phi) is 3.85. The van der Waals surface area contributed by atoms with Gasteiger partial charge in [0.25, 0.3) is 0 Å². The van der Waals surface area contributed by atoms with E-state index >= 15 is 0 Å². The Morgan fingerprint density at radius 2 is 1.96 bits per heavy atom. The highest BCUT2D eigenvalue weighted by Crippen LogP contribution is 2.30. The smallest absolute Gasteiger partial charge is 0.212 e. The molecule has 3 rings (SSSR count). The molecule has 5 heteroatoms. The van der Waals surface area contributed by atoms with Gasteiger partial charge in [0.1, 0.15) is 5.82 Å². The normalized spacial score (nSPS) is 13.9. The summed E-state index contributed by atoms with van der Waals surface area (Å²) < 4.78 is 1.75. The maximum atomic E-state index is 11.0. The minimum atomic E-state index is 0.669. The first-order valence-electron chi connectivity index (χ1n) is 7.29. The number of amides is 1. The Morgan fingerprint density at radius 3 is 2.61 bits per heavy atom. The van der Waals surface area contributed by atoms with E-state index in [9.17, 15) is 4.79 Å². The van der Waals surface area contributed by atoms with E-state index in [-0.39, 0.29) is 0 Å². The molecule has 0 radical (unpaired) electrons. The SMILES string of the molecule is C=C1C=CC(c2nn(-c3ccccc3)c(NC=O)c2C)=CN1C. The van der Waals surface area contributed by atoms with E-state index in [1.807, 2.05) is 67.6 Å². The fraction of sp³-hybridized carbons (Fsp3) is 0.111. The molecule has 0 aliphatic carbocycles. The number of rotatable bonds is 4. The van der Waals surface area contributed by atoms with E-state index < -0.39 is 0 Å². The van der Waals surface area contributed by atoms with E-state index in [1.54, 1.807) is 4.68 Å². The van der Waals surface area contributed by atoms with Gasteiger partial charge in [-0.25, -0.2) is 4.68 Å². The number of carbonyl (C=O) groups is 1. The van der Waals surface area contributed by atoms with Crippen LogP contribution in [0.3, 0.4) is 0 Å². The van der Waals surface area contributed by atoms with Gasteiger partial charge in [0.2, 0.25) is 6.41 Å². The van der Waals surface area contributed by atoms with Crippen LogP contribution in [0, 0.1) is 6.92 Å². The van der Waals surface area contributed by atoms with Crippen LogP contribution in [0.5, 0.6) is 0 Å². The predicted molar refractivity (Wildman–Crippen MR) is 92.0 cm³/mol. The number of likely N-dealkylation sites (N-methyl/N-ethyl adjacent to an activating group) is 1. The molecule has 1 amide bonds. The van der Waals surface area contributed by atoms with Crippen molar-refractivity contribution in [2.24, 2.45) is 0 Å². The number of nitrogens with one attached hydrogen (secondary N) is 1. The second-order valence-corrected chi connectivity index (χ2v) is 5.35. The number of carbonyl (C=O) groups excluding carboxylic acids is 1. The molecule has 1 aromatic carbocycles. The van der Waals surface area contributed by atoms with Crippen molar-refractivity contribution in [1.29, 1.82) is 0 Å². The van der Waals surface area contributed by atoms with E-state index in [1.165, 1.54) is 0 Å². The molecular weight excluding hydrogens is 288 g/mol.